The summed E-state index contributed by atoms with van der Waals surface area (Å²) in [7, 11) is 0. The van der Waals surface area contributed by atoms with Crippen molar-refractivity contribution in [3.05, 3.63) is 12.2 Å². The maximum atomic E-state index is 8.65. The van der Waals surface area contributed by atoms with Crippen molar-refractivity contribution in [2.75, 3.05) is 6.61 Å². The van der Waals surface area contributed by atoms with E-state index in [1.807, 2.05) is 4.68 Å². The van der Waals surface area contributed by atoms with Crippen molar-refractivity contribution in [2.24, 2.45) is 0 Å². The third-order valence-corrected chi connectivity index (χ3v) is 1.47. The Balaban J connectivity index is 2.62. The quantitative estimate of drug-likeness (QED) is 0.676. The molecule has 1 rings (SSSR count). The lowest BCUT2D eigenvalue weighted by Gasteiger charge is -2.00. The fraction of sp³-hybridized carbons (Fsp3) is 0.714. The number of aryl methyl sites for hydroxylation is 1. The molecule has 0 spiro atoms. The first-order chi connectivity index (χ1) is 5.38. The monoisotopic (exact) mass is 155 g/mol. The average Bonchev–Trinajstić information content (AvgIpc) is 2.39. The van der Waals surface area contributed by atoms with Gasteiger partial charge in [0, 0.05) is 13.0 Å². The van der Waals surface area contributed by atoms with Crippen molar-refractivity contribution < 1.29 is 5.11 Å². The van der Waals surface area contributed by atoms with Crippen LogP contribution in [0.5, 0.6) is 0 Å². The van der Waals surface area contributed by atoms with Crippen LogP contribution >= 0.6 is 0 Å². The van der Waals surface area contributed by atoms with Gasteiger partial charge in [-0.25, -0.2) is 4.98 Å². The third kappa shape index (κ3) is 2.01. The Labute approximate surface area is 65.9 Å². The largest absolute Gasteiger partial charge is 0.396 e. The Hall–Kier alpha value is -0.900. The minimum Gasteiger partial charge on any atom is -0.396 e. The molecule has 1 aromatic heterocycles. The third-order valence-electron chi connectivity index (χ3n) is 1.47. The molecule has 1 aromatic rings. The van der Waals surface area contributed by atoms with E-state index in [4.69, 9.17) is 5.11 Å². The first kappa shape index (κ1) is 8.20. The molecule has 1 N–H and O–H groups in total. The summed E-state index contributed by atoms with van der Waals surface area (Å²) in [4.78, 5) is 4.02. The molecule has 11 heavy (non-hydrogen) atoms. The van der Waals surface area contributed by atoms with Crippen LogP contribution < -0.4 is 0 Å². The Morgan fingerprint density at radius 2 is 2.45 bits per heavy atom. The standard InChI is InChI=1S/C7H13N3O/c1-2-4-10-7(3-5-11)8-6-9-10/h6,11H,2-5H2,1H3. The lowest BCUT2D eigenvalue weighted by molar-refractivity contribution is 0.293. The van der Waals surface area contributed by atoms with E-state index in [2.05, 4.69) is 17.0 Å². The summed E-state index contributed by atoms with van der Waals surface area (Å²) in [6.07, 6.45) is 3.17. The zero-order valence-electron chi connectivity index (χ0n) is 6.69. The van der Waals surface area contributed by atoms with Gasteiger partial charge in [-0.2, -0.15) is 5.10 Å². The van der Waals surface area contributed by atoms with Gasteiger partial charge < -0.3 is 5.11 Å². The van der Waals surface area contributed by atoms with Crippen LogP contribution in [0.15, 0.2) is 6.33 Å². The van der Waals surface area contributed by atoms with Gasteiger partial charge >= 0.3 is 0 Å². The Kier molecular flexibility index (Phi) is 3.04. The van der Waals surface area contributed by atoms with Crippen LogP contribution in [-0.4, -0.2) is 26.5 Å². The highest BCUT2D eigenvalue weighted by Gasteiger charge is 2.00. The number of aromatic nitrogens is 3. The summed E-state index contributed by atoms with van der Waals surface area (Å²) < 4.78 is 1.83. The van der Waals surface area contributed by atoms with Crippen molar-refractivity contribution in [1.29, 1.82) is 0 Å². The Bertz CT molecular complexity index is 189. The second-order valence-corrected chi connectivity index (χ2v) is 2.37. The normalized spacial score (nSPS) is 10.4. The fourth-order valence-electron chi connectivity index (χ4n) is 0.980. The number of aliphatic hydroxyl groups excluding tert-OH is 1. The minimum absolute atomic E-state index is 0.141. The van der Waals surface area contributed by atoms with E-state index >= 15 is 0 Å². The fourth-order valence-corrected chi connectivity index (χ4v) is 0.980. The maximum Gasteiger partial charge on any atom is 0.138 e. The van der Waals surface area contributed by atoms with Gasteiger partial charge in [0.25, 0.3) is 0 Å². The molecule has 0 atom stereocenters. The van der Waals surface area contributed by atoms with Gasteiger partial charge in [0.15, 0.2) is 0 Å². The summed E-state index contributed by atoms with van der Waals surface area (Å²) in [6.45, 7) is 3.11. The van der Waals surface area contributed by atoms with E-state index in [1.54, 1.807) is 0 Å². The predicted molar refractivity (Wildman–Crippen MR) is 41.1 cm³/mol. The molecule has 0 bridgehead atoms. The van der Waals surface area contributed by atoms with E-state index in [0.29, 0.717) is 6.42 Å². The van der Waals surface area contributed by atoms with Gasteiger partial charge in [-0.1, -0.05) is 6.92 Å². The van der Waals surface area contributed by atoms with Crippen LogP contribution in [0.4, 0.5) is 0 Å². The van der Waals surface area contributed by atoms with Crippen LogP contribution in [0.1, 0.15) is 19.2 Å². The van der Waals surface area contributed by atoms with Gasteiger partial charge in [-0.05, 0) is 6.42 Å². The number of aliphatic hydroxyl groups is 1. The van der Waals surface area contributed by atoms with Gasteiger partial charge in [-0.3, -0.25) is 4.68 Å². The van der Waals surface area contributed by atoms with Crippen LogP contribution in [0.25, 0.3) is 0 Å². The van der Waals surface area contributed by atoms with E-state index in [0.717, 1.165) is 18.8 Å². The Morgan fingerprint density at radius 3 is 3.09 bits per heavy atom. The van der Waals surface area contributed by atoms with Crippen LogP contribution in [0.3, 0.4) is 0 Å². The number of hydrogen-bond donors (Lipinski definition) is 1. The first-order valence-corrected chi connectivity index (χ1v) is 3.86. The number of nitrogens with zero attached hydrogens (tertiary/aromatic N) is 3. The van der Waals surface area contributed by atoms with E-state index in [9.17, 15) is 0 Å². The van der Waals surface area contributed by atoms with Crippen molar-refractivity contribution in [2.45, 2.75) is 26.3 Å². The number of rotatable bonds is 4. The van der Waals surface area contributed by atoms with Gasteiger partial charge in [0.1, 0.15) is 12.2 Å². The molecule has 0 aromatic carbocycles. The van der Waals surface area contributed by atoms with Crippen LogP contribution in [0.2, 0.25) is 0 Å². The van der Waals surface area contributed by atoms with E-state index < -0.39 is 0 Å². The highest BCUT2D eigenvalue weighted by molar-refractivity contribution is 4.83. The van der Waals surface area contributed by atoms with Crippen molar-refractivity contribution in [3.8, 4) is 0 Å². The number of hydrogen-bond acceptors (Lipinski definition) is 3. The molecular formula is C7H13N3O. The highest BCUT2D eigenvalue weighted by atomic mass is 16.3. The summed E-state index contributed by atoms with van der Waals surface area (Å²) in [5, 5.41) is 12.7. The summed E-state index contributed by atoms with van der Waals surface area (Å²) in [5.74, 6) is 0.870. The second kappa shape index (κ2) is 4.08. The van der Waals surface area contributed by atoms with Gasteiger partial charge in [0.05, 0.1) is 6.61 Å². The molecule has 0 aliphatic rings. The molecule has 1 heterocycles. The molecular weight excluding hydrogens is 142 g/mol. The molecule has 0 unspecified atom stereocenters. The molecule has 0 fully saturated rings. The zero-order valence-corrected chi connectivity index (χ0v) is 6.69. The topological polar surface area (TPSA) is 50.9 Å². The van der Waals surface area contributed by atoms with Gasteiger partial charge in [-0.15, -0.1) is 0 Å². The first-order valence-electron chi connectivity index (χ1n) is 3.86. The van der Waals surface area contributed by atoms with E-state index in [-0.39, 0.29) is 6.61 Å². The summed E-state index contributed by atoms with van der Waals surface area (Å²) >= 11 is 0. The lowest BCUT2D eigenvalue weighted by atomic mass is 10.4. The molecule has 0 radical (unpaired) electrons. The summed E-state index contributed by atoms with van der Waals surface area (Å²) in [5.41, 5.74) is 0. The molecule has 0 amide bonds. The smallest absolute Gasteiger partial charge is 0.138 e. The van der Waals surface area contributed by atoms with Crippen molar-refractivity contribution in [1.82, 2.24) is 14.8 Å². The highest BCUT2D eigenvalue weighted by Crippen LogP contribution is 1.95. The van der Waals surface area contributed by atoms with E-state index in [1.165, 1.54) is 6.33 Å². The average molecular weight is 155 g/mol. The second-order valence-electron chi connectivity index (χ2n) is 2.37. The molecule has 0 saturated heterocycles. The minimum atomic E-state index is 0.141. The predicted octanol–water partition coefficient (Wildman–Crippen LogP) is 0.223. The van der Waals surface area contributed by atoms with Crippen LogP contribution in [-0.2, 0) is 13.0 Å². The summed E-state index contributed by atoms with van der Waals surface area (Å²) in [6, 6.07) is 0. The molecule has 0 aliphatic carbocycles. The van der Waals surface area contributed by atoms with Crippen molar-refractivity contribution >= 4 is 0 Å². The Morgan fingerprint density at radius 1 is 1.64 bits per heavy atom. The molecule has 0 saturated carbocycles. The van der Waals surface area contributed by atoms with Crippen LogP contribution in [0, 0.1) is 0 Å². The zero-order chi connectivity index (χ0) is 8.10. The van der Waals surface area contributed by atoms with Crippen molar-refractivity contribution in [3.63, 3.8) is 0 Å². The molecule has 4 nitrogen and oxygen atoms in total. The molecule has 0 aliphatic heterocycles. The molecule has 62 valence electrons. The van der Waals surface area contributed by atoms with Gasteiger partial charge in [0.2, 0.25) is 0 Å². The SMILES string of the molecule is CCCn1ncnc1CCO. The lowest BCUT2D eigenvalue weighted by Crippen LogP contribution is -2.06. The molecule has 4 heteroatoms. The maximum absolute atomic E-state index is 8.65.